The summed E-state index contributed by atoms with van der Waals surface area (Å²) in [5.41, 5.74) is -1.33. The highest BCUT2D eigenvalue weighted by Crippen LogP contribution is 2.35. The molecule has 0 saturated carbocycles. The molecule has 222 valence electrons. The van der Waals surface area contributed by atoms with Gasteiger partial charge in [-0.2, -0.15) is 23.5 Å². The number of methoxy groups -OCH3 is 1. The van der Waals surface area contributed by atoms with Crippen molar-refractivity contribution < 1.29 is 22.6 Å². The molecule has 9 nitrogen and oxygen atoms in total. The van der Waals surface area contributed by atoms with E-state index in [1.165, 1.54) is 30.0 Å². The van der Waals surface area contributed by atoms with Crippen molar-refractivity contribution in [1.29, 1.82) is 5.26 Å². The number of benzene rings is 3. The highest BCUT2D eigenvalue weighted by atomic mass is 35.5. The first-order valence-electron chi connectivity index (χ1n) is 12.9. The van der Waals surface area contributed by atoms with Crippen LogP contribution >= 0.6 is 11.6 Å². The minimum absolute atomic E-state index is 0.0158. The first-order valence-corrected chi connectivity index (χ1v) is 13.3. The Morgan fingerprint density at radius 3 is 2.32 bits per heavy atom. The van der Waals surface area contributed by atoms with Crippen LogP contribution in [0, 0.1) is 11.3 Å². The Balaban J connectivity index is 1.59. The molecule has 0 unspecified atom stereocenters. The third-order valence-corrected chi connectivity index (χ3v) is 6.64. The summed E-state index contributed by atoms with van der Waals surface area (Å²) in [6.45, 7) is -0.275. The first-order chi connectivity index (χ1) is 21.0. The maximum atomic E-state index is 13.9. The molecule has 13 heteroatoms. The Labute approximate surface area is 252 Å². The van der Waals surface area contributed by atoms with Crippen LogP contribution in [-0.4, -0.2) is 26.4 Å². The molecule has 0 atom stereocenters. The Hall–Kier alpha value is -5.41. The number of alkyl halides is 3. The SMILES string of the molecule is COc1ccc(Cn2nc(Cn3cnc(C(F)(F)F)c(Oc4cc(Cl)cc(C#N)c4)c3=O)cc(-c3ccccc3)c2=O)cc1. The first kappa shape index (κ1) is 30.1. The Morgan fingerprint density at radius 1 is 0.932 bits per heavy atom. The topological polar surface area (TPSA) is 112 Å². The molecule has 0 amide bonds. The van der Waals surface area contributed by atoms with Gasteiger partial charge in [0.1, 0.15) is 11.5 Å². The molecule has 0 aliphatic rings. The molecule has 3 aromatic carbocycles. The standard InChI is InChI=1S/C31H21ClF3N5O4/c1-43-24-9-7-19(8-10-24)16-40-29(41)26(21-5-3-2-4-6-21)14-23(38-40)17-39-18-37-28(31(33,34)35)27(30(39)42)44-25-12-20(15-36)11-22(32)13-25/h2-14,18H,16-17H2,1H3. The Morgan fingerprint density at radius 2 is 1.66 bits per heavy atom. The number of halogens is 4. The highest BCUT2D eigenvalue weighted by Gasteiger charge is 2.39. The van der Waals surface area contributed by atoms with Gasteiger partial charge >= 0.3 is 6.18 Å². The van der Waals surface area contributed by atoms with E-state index in [4.69, 9.17) is 21.1 Å². The zero-order valence-electron chi connectivity index (χ0n) is 22.9. The zero-order chi connectivity index (χ0) is 31.4. The molecule has 5 aromatic rings. The number of aromatic nitrogens is 4. The minimum Gasteiger partial charge on any atom is -0.497 e. The van der Waals surface area contributed by atoms with E-state index < -0.39 is 28.7 Å². The largest absolute Gasteiger partial charge is 0.497 e. The number of nitriles is 1. The third-order valence-electron chi connectivity index (χ3n) is 6.42. The fourth-order valence-corrected chi connectivity index (χ4v) is 4.59. The fraction of sp³-hybridized carbons (Fsp3) is 0.129. The molecule has 44 heavy (non-hydrogen) atoms. The molecule has 2 aromatic heterocycles. The van der Waals surface area contributed by atoms with Crippen LogP contribution in [0.15, 0.2) is 94.8 Å². The van der Waals surface area contributed by atoms with Gasteiger partial charge in [-0.05, 0) is 47.5 Å². The summed E-state index contributed by atoms with van der Waals surface area (Å²) in [6.07, 6.45) is -4.30. The van der Waals surface area contributed by atoms with Crippen LogP contribution in [0.5, 0.6) is 17.2 Å². The van der Waals surface area contributed by atoms with Gasteiger partial charge in [0.05, 0.1) is 49.4 Å². The van der Waals surface area contributed by atoms with Crippen molar-refractivity contribution in [3.05, 3.63) is 133 Å². The van der Waals surface area contributed by atoms with E-state index in [0.29, 0.717) is 11.3 Å². The second kappa shape index (κ2) is 12.4. The van der Waals surface area contributed by atoms with Crippen LogP contribution in [0.3, 0.4) is 0 Å². The van der Waals surface area contributed by atoms with Crippen molar-refractivity contribution in [3.63, 3.8) is 0 Å². The van der Waals surface area contributed by atoms with E-state index >= 15 is 0 Å². The fourth-order valence-electron chi connectivity index (χ4n) is 4.36. The van der Waals surface area contributed by atoms with Gasteiger partial charge in [-0.15, -0.1) is 0 Å². The molecule has 0 spiro atoms. The minimum atomic E-state index is -5.03. The smallest absolute Gasteiger partial charge is 0.437 e. The van der Waals surface area contributed by atoms with Gasteiger partial charge in [0.2, 0.25) is 5.75 Å². The van der Waals surface area contributed by atoms with Crippen LogP contribution < -0.4 is 20.6 Å². The number of nitrogens with zero attached hydrogens (tertiary/aromatic N) is 5. The summed E-state index contributed by atoms with van der Waals surface area (Å²) >= 11 is 5.97. The van der Waals surface area contributed by atoms with Gasteiger partial charge in [0, 0.05) is 5.02 Å². The van der Waals surface area contributed by atoms with Crippen LogP contribution in [0.1, 0.15) is 22.5 Å². The van der Waals surface area contributed by atoms with E-state index in [0.717, 1.165) is 22.5 Å². The van der Waals surface area contributed by atoms with Crippen LogP contribution in [0.2, 0.25) is 5.02 Å². The third kappa shape index (κ3) is 6.63. The van der Waals surface area contributed by atoms with Gasteiger partial charge in [-0.3, -0.25) is 14.2 Å². The predicted octanol–water partition coefficient (Wildman–Crippen LogP) is 5.91. The Kier molecular flexibility index (Phi) is 8.50. The van der Waals surface area contributed by atoms with Gasteiger partial charge in [0.15, 0.2) is 5.69 Å². The summed E-state index contributed by atoms with van der Waals surface area (Å²) in [4.78, 5) is 30.4. The summed E-state index contributed by atoms with van der Waals surface area (Å²) in [5, 5.41) is 13.6. The van der Waals surface area contributed by atoms with E-state index in [1.54, 1.807) is 54.6 Å². The lowest BCUT2D eigenvalue weighted by atomic mass is 10.1. The molecule has 0 aliphatic carbocycles. The molecule has 2 heterocycles. The van der Waals surface area contributed by atoms with Crippen molar-refractivity contribution in [2.24, 2.45) is 0 Å². The number of hydrogen-bond donors (Lipinski definition) is 0. The van der Waals surface area contributed by atoms with Gasteiger partial charge in [-0.25, -0.2) is 9.67 Å². The van der Waals surface area contributed by atoms with Crippen molar-refractivity contribution in [2.45, 2.75) is 19.3 Å². The van der Waals surface area contributed by atoms with Crippen molar-refractivity contribution in [3.8, 4) is 34.4 Å². The lowest BCUT2D eigenvalue weighted by molar-refractivity contribution is -0.142. The van der Waals surface area contributed by atoms with E-state index in [2.05, 4.69) is 10.1 Å². The van der Waals surface area contributed by atoms with Gasteiger partial charge in [-0.1, -0.05) is 54.1 Å². The van der Waals surface area contributed by atoms with E-state index in [9.17, 15) is 28.0 Å². The van der Waals surface area contributed by atoms with Crippen LogP contribution in [-0.2, 0) is 19.3 Å². The van der Waals surface area contributed by atoms with Crippen LogP contribution in [0.4, 0.5) is 13.2 Å². The molecule has 0 bridgehead atoms. The van der Waals surface area contributed by atoms with Gasteiger partial charge < -0.3 is 9.47 Å². The normalized spacial score (nSPS) is 11.2. The molecule has 0 fully saturated rings. The second-order valence-corrected chi connectivity index (χ2v) is 9.91. The number of hydrogen-bond acceptors (Lipinski definition) is 7. The van der Waals surface area contributed by atoms with Crippen molar-refractivity contribution in [1.82, 2.24) is 19.3 Å². The molecule has 0 N–H and O–H groups in total. The average Bonchev–Trinajstić information content (AvgIpc) is 3.00. The van der Waals surface area contributed by atoms with E-state index in [1.807, 2.05) is 6.07 Å². The van der Waals surface area contributed by atoms with Crippen molar-refractivity contribution >= 4 is 11.6 Å². The molecule has 0 aliphatic heterocycles. The monoisotopic (exact) mass is 619 g/mol. The van der Waals surface area contributed by atoms with E-state index in [-0.39, 0.29) is 40.7 Å². The molecular weight excluding hydrogens is 599 g/mol. The van der Waals surface area contributed by atoms with Gasteiger partial charge in [0.25, 0.3) is 11.1 Å². The summed E-state index contributed by atoms with van der Waals surface area (Å²) in [6, 6.07) is 22.7. The van der Waals surface area contributed by atoms with Crippen LogP contribution in [0.25, 0.3) is 11.1 Å². The summed E-state index contributed by atoms with van der Waals surface area (Å²) in [7, 11) is 1.53. The maximum absolute atomic E-state index is 13.9. The summed E-state index contributed by atoms with van der Waals surface area (Å²) < 4.78 is 54.3. The van der Waals surface area contributed by atoms with Crippen molar-refractivity contribution in [2.75, 3.05) is 7.11 Å². The average molecular weight is 620 g/mol. The molecular formula is C31H21ClF3N5O4. The lowest BCUT2D eigenvalue weighted by Crippen LogP contribution is -2.30. The molecule has 5 rings (SSSR count). The predicted molar refractivity (Wildman–Crippen MR) is 155 cm³/mol. The quantitative estimate of drug-likeness (QED) is 0.212. The number of ether oxygens (including phenoxy) is 2. The second-order valence-electron chi connectivity index (χ2n) is 9.47. The number of rotatable bonds is 8. The zero-order valence-corrected chi connectivity index (χ0v) is 23.6. The lowest BCUT2D eigenvalue weighted by Gasteiger charge is -2.16. The summed E-state index contributed by atoms with van der Waals surface area (Å²) in [5.74, 6) is -0.740. The maximum Gasteiger partial charge on any atom is 0.437 e. The molecule has 0 saturated heterocycles. The highest BCUT2D eigenvalue weighted by molar-refractivity contribution is 6.30. The molecule has 0 radical (unpaired) electrons. The Bertz CT molecular complexity index is 1990.